The second kappa shape index (κ2) is 67.9. The fourth-order valence-corrected chi connectivity index (χ4v) is 13.2. The molecule has 17 nitrogen and oxygen atoms in total. The molecule has 0 aromatic rings. The molecule has 0 aromatic carbocycles. The summed E-state index contributed by atoms with van der Waals surface area (Å²) in [6, 6.07) is 0. The highest BCUT2D eigenvalue weighted by Crippen LogP contribution is 2.45. The number of unbranched alkanes of at least 4 members (excludes halogenated alkanes) is 45. The maximum Gasteiger partial charge on any atom is 0.472 e. The highest BCUT2D eigenvalue weighted by molar-refractivity contribution is 7.47. The van der Waals surface area contributed by atoms with Crippen LogP contribution >= 0.6 is 15.6 Å². The van der Waals surface area contributed by atoms with Crippen LogP contribution < -0.4 is 0 Å². The number of carbonyl (C=O) groups excluding carboxylic acids is 4. The van der Waals surface area contributed by atoms with Gasteiger partial charge in [0.15, 0.2) is 12.2 Å². The van der Waals surface area contributed by atoms with Crippen LogP contribution in [0.1, 0.15) is 395 Å². The first-order valence-corrected chi connectivity index (χ1v) is 42.5. The minimum atomic E-state index is -4.96. The van der Waals surface area contributed by atoms with Crippen LogP contribution in [0.3, 0.4) is 0 Å². The molecule has 0 amide bonds. The van der Waals surface area contributed by atoms with Crippen LogP contribution in [0, 0.1) is 11.8 Å². The van der Waals surface area contributed by atoms with Crippen molar-refractivity contribution in [1.82, 2.24) is 0 Å². The molecule has 0 spiro atoms. The van der Waals surface area contributed by atoms with Gasteiger partial charge in [-0.3, -0.25) is 37.3 Å². The Labute approximate surface area is 581 Å². The molecule has 0 heterocycles. The van der Waals surface area contributed by atoms with E-state index >= 15 is 0 Å². The van der Waals surface area contributed by atoms with Gasteiger partial charge in [-0.2, -0.15) is 0 Å². The lowest BCUT2D eigenvalue weighted by molar-refractivity contribution is -0.161. The molecular weight excluding hydrogens is 1250 g/mol. The van der Waals surface area contributed by atoms with E-state index in [2.05, 4.69) is 41.5 Å². The van der Waals surface area contributed by atoms with E-state index in [4.69, 9.17) is 37.0 Å². The van der Waals surface area contributed by atoms with Crippen molar-refractivity contribution in [3.63, 3.8) is 0 Å². The summed E-state index contributed by atoms with van der Waals surface area (Å²) in [6.07, 6.45) is 55.7. The lowest BCUT2D eigenvalue weighted by Crippen LogP contribution is -2.30. The van der Waals surface area contributed by atoms with E-state index in [0.717, 1.165) is 102 Å². The van der Waals surface area contributed by atoms with E-state index in [1.54, 1.807) is 0 Å². The zero-order valence-corrected chi connectivity index (χ0v) is 63.8. The summed E-state index contributed by atoms with van der Waals surface area (Å²) in [5, 5.41) is 10.6. The largest absolute Gasteiger partial charge is 0.472 e. The lowest BCUT2D eigenvalue weighted by Gasteiger charge is -2.21. The number of hydrogen-bond donors (Lipinski definition) is 3. The predicted octanol–water partition coefficient (Wildman–Crippen LogP) is 22.3. The lowest BCUT2D eigenvalue weighted by atomic mass is 10.0. The molecule has 0 aliphatic rings. The van der Waals surface area contributed by atoms with Gasteiger partial charge in [0, 0.05) is 25.7 Å². The van der Waals surface area contributed by atoms with Gasteiger partial charge in [-0.15, -0.1) is 0 Å². The maximum atomic E-state index is 13.1. The van der Waals surface area contributed by atoms with Crippen LogP contribution in [0.5, 0.6) is 0 Å². The van der Waals surface area contributed by atoms with E-state index in [0.29, 0.717) is 31.6 Å². The van der Waals surface area contributed by atoms with Crippen molar-refractivity contribution in [3.8, 4) is 0 Å². The molecule has 95 heavy (non-hydrogen) atoms. The predicted molar refractivity (Wildman–Crippen MR) is 386 cm³/mol. The average Bonchev–Trinajstić information content (AvgIpc) is 1.33. The highest BCUT2D eigenvalue weighted by Gasteiger charge is 2.30. The SMILES string of the molecule is CCCCCCCCCCCCCCCCCCCCC(=O)O[C@H](COC(=O)CCCCCCCCCCCCCCCCCC)COP(=O)(O)OC[C@@H](O)COP(=O)(O)OC[C@@H](COC(=O)CCCCCCCCC(C)C)OC(=O)CCCCCCCCCCCC(C)C. The van der Waals surface area contributed by atoms with Gasteiger partial charge >= 0.3 is 39.5 Å². The Kier molecular flexibility index (Phi) is 66.5. The second-order valence-electron chi connectivity index (χ2n) is 28.3. The van der Waals surface area contributed by atoms with Gasteiger partial charge in [-0.25, -0.2) is 9.13 Å². The van der Waals surface area contributed by atoms with Gasteiger partial charge in [-0.05, 0) is 37.5 Å². The van der Waals surface area contributed by atoms with Crippen molar-refractivity contribution in [2.24, 2.45) is 11.8 Å². The zero-order chi connectivity index (χ0) is 70.0. The number of hydrogen-bond acceptors (Lipinski definition) is 15. The summed E-state index contributed by atoms with van der Waals surface area (Å²) in [5.74, 6) is -0.702. The summed E-state index contributed by atoms with van der Waals surface area (Å²) in [5.41, 5.74) is 0. The van der Waals surface area contributed by atoms with Crippen LogP contribution in [0.25, 0.3) is 0 Å². The molecule has 0 fully saturated rings. The topological polar surface area (TPSA) is 237 Å². The first kappa shape index (κ1) is 93.1. The summed E-state index contributed by atoms with van der Waals surface area (Å²) in [6.45, 7) is 9.49. The number of phosphoric acid groups is 2. The quantitative estimate of drug-likeness (QED) is 0.0222. The maximum absolute atomic E-state index is 13.1. The summed E-state index contributed by atoms with van der Waals surface area (Å²) >= 11 is 0. The first-order chi connectivity index (χ1) is 45.9. The summed E-state index contributed by atoms with van der Waals surface area (Å²) in [7, 11) is -9.91. The van der Waals surface area contributed by atoms with Gasteiger partial charge in [0.25, 0.3) is 0 Å². The Balaban J connectivity index is 5.23. The molecule has 0 aliphatic carbocycles. The van der Waals surface area contributed by atoms with E-state index in [1.807, 2.05) is 0 Å². The van der Waals surface area contributed by atoms with Crippen LogP contribution in [0.2, 0.25) is 0 Å². The van der Waals surface area contributed by atoms with Gasteiger partial charge in [-0.1, -0.05) is 343 Å². The van der Waals surface area contributed by atoms with Gasteiger partial charge in [0.05, 0.1) is 26.4 Å². The molecular formula is C76H148O17P2. The van der Waals surface area contributed by atoms with E-state index < -0.39 is 97.5 Å². The number of rotatable bonds is 75. The minimum absolute atomic E-state index is 0.104. The summed E-state index contributed by atoms with van der Waals surface area (Å²) < 4.78 is 68.5. The molecule has 564 valence electrons. The fraction of sp³-hybridized carbons (Fsp3) is 0.947. The van der Waals surface area contributed by atoms with Crippen molar-refractivity contribution >= 4 is 39.5 Å². The number of aliphatic hydroxyl groups is 1. The molecule has 0 rings (SSSR count). The van der Waals surface area contributed by atoms with Crippen LogP contribution in [0.15, 0.2) is 0 Å². The molecule has 0 saturated carbocycles. The monoisotopic (exact) mass is 1400 g/mol. The van der Waals surface area contributed by atoms with Gasteiger partial charge < -0.3 is 33.8 Å². The second-order valence-corrected chi connectivity index (χ2v) is 31.3. The third-order valence-electron chi connectivity index (χ3n) is 17.7. The molecule has 0 radical (unpaired) electrons. The molecule has 3 N–H and O–H groups in total. The number of aliphatic hydroxyl groups excluding tert-OH is 1. The van der Waals surface area contributed by atoms with E-state index in [1.165, 1.54) is 205 Å². The number of ether oxygens (including phenoxy) is 4. The zero-order valence-electron chi connectivity index (χ0n) is 62.0. The van der Waals surface area contributed by atoms with Crippen molar-refractivity contribution in [1.29, 1.82) is 0 Å². The molecule has 0 aliphatic heterocycles. The molecule has 19 heteroatoms. The molecule has 0 saturated heterocycles. The molecule has 5 atom stereocenters. The molecule has 0 bridgehead atoms. The number of carbonyl (C=O) groups is 4. The van der Waals surface area contributed by atoms with Crippen LogP contribution in [-0.2, 0) is 65.4 Å². The Morgan fingerprint density at radius 1 is 0.284 bits per heavy atom. The molecule has 0 aromatic heterocycles. The Morgan fingerprint density at radius 2 is 0.484 bits per heavy atom. The first-order valence-electron chi connectivity index (χ1n) is 39.5. The Morgan fingerprint density at radius 3 is 0.716 bits per heavy atom. The number of phosphoric ester groups is 2. The van der Waals surface area contributed by atoms with E-state index in [9.17, 15) is 43.2 Å². The van der Waals surface area contributed by atoms with Crippen LogP contribution in [-0.4, -0.2) is 96.7 Å². The number of esters is 4. The Bertz CT molecular complexity index is 1840. The van der Waals surface area contributed by atoms with Gasteiger partial charge in [0.1, 0.15) is 19.3 Å². The highest BCUT2D eigenvalue weighted by atomic mass is 31.2. The normalized spacial score (nSPS) is 14.0. The smallest absolute Gasteiger partial charge is 0.462 e. The Hall–Kier alpha value is -1.94. The third-order valence-corrected chi connectivity index (χ3v) is 19.6. The van der Waals surface area contributed by atoms with Crippen LogP contribution in [0.4, 0.5) is 0 Å². The fourth-order valence-electron chi connectivity index (χ4n) is 11.7. The van der Waals surface area contributed by atoms with Crippen molar-refractivity contribution < 1.29 is 80.2 Å². The summed E-state index contributed by atoms with van der Waals surface area (Å²) in [4.78, 5) is 72.8. The third kappa shape index (κ3) is 70.3. The molecule has 2 unspecified atom stereocenters. The van der Waals surface area contributed by atoms with E-state index in [-0.39, 0.29) is 25.7 Å². The van der Waals surface area contributed by atoms with Crippen molar-refractivity contribution in [2.45, 2.75) is 413 Å². The van der Waals surface area contributed by atoms with Crippen molar-refractivity contribution in [2.75, 3.05) is 39.6 Å². The average molecular weight is 1400 g/mol. The standard InChI is InChI=1S/C76H148O17P2/c1-7-9-11-13-15-17-19-21-23-25-26-28-30-32-36-40-48-54-60-75(80)92-71(64-86-73(78)58-52-46-39-35-31-29-27-24-22-20-18-16-14-12-10-8-2)66-90-94(82,83)88-62-70(77)63-89-95(84,85)91-67-72(65-87-74(79)59-53-47-43-42-45-51-57-69(5)6)93-76(81)61-55-49-41-37-33-34-38-44-50-56-68(3)4/h68-72,77H,7-67H2,1-6H3,(H,82,83)(H,84,85)/t70-,71-,72-/m1/s1. The van der Waals surface area contributed by atoms with Crippen molar-refractivity contribution in [3.05, 3.63) is 0 Å². The van der Waals surface area contributed by atoms with Gasteiger partial charge in [0.2, 0.25) is 0 Å². The minimum Gasteiger partial charge on any atom is -0.462 e.